The molecule has 6 nitrogen and oxygen atoms in total. The maximum atomic E-state index is 12.4. The van der Waals surface area contributed by atoms with Gasteiger partial charge in [0.2, 0.25) is 5.91 Å². The van der Waals surface area contributed by atoms with Gasteiger partial charge in [-0.15, -0.1) is 0 Å². The Kier molecular flexibility index (Phi) is 3.41. The minimum absolute atomic E-state index is 0.0502. The van der Waals surface area contributed by atoms with Crippen molar-refractivity contribution in [2.24, 2.45) is 5.41 Å². The minimum Gasteiger partial charge on any atom is -0.465 e. The number of hydrogen-bond donors (Lipinski definition) is 0. The molecular weight excluding hydrogens is 292 g/mol. The Morgan fingerprint density at radius 1 is 1.26 bits per heavy atom. The van der Waals surface area contributed by atoms with Gasteiger partial charge in [-0.1, -0.05) is 0 Å². The fourth-order valence-electron chi connectivity index (χ4n) is 3.79. The molecule has 2 aromatic rings. The normalized spacial score (nSPS) is 24.9. The van der Waals surface area contributed by atoms with Crippen molar-refractivity contribution in [2.75, 3.05) is 24.5 Å². The van der Waals surface area contributed by atoms with Crippen LogP contribution in [0.2, 0.25) is 0 Å². The van der Waals surface area contributed by atoms with Gasteiger partial charge in [-0.2, -0.15) is 0 Å². The number of anilines is 1. The third kappa shape index (κ3) is 2.74. The highest BCUT2D eigenvalue weighted by atomic mass is 16.3. The van der Waals surface area contributed by atoms with E-state index in [1.807, 2.05) is 24.0 Å². The summed E-state index contributed by atoms with van der Waals surface area (Å²) in [4.78, 5) is 24.7. The average Bonchev–Trinajstić information content (AvgIpc) is 3.22. The second kappa shape index (κ2) is 5.45. The minimum atomic E-state index is 0.0502. The van der Waals surface area contributed by atoms with Crippen LogP contribution in [0.4, 0.5) is 5.69 Å². The molecule has 1 unspecified atom stereocenters. The summed E-state index contributed by atoms with van der Waals surface area (Å²) in [5.41, 5.74) is 0.851. The van der Waals surface area contributed by atoms with Crippen LogP contribution in [0, 0.1) is 12.3 Å². The van der Waals surface area contributed by atoms with Gasteiger partial charge < -0.3 is 9.32 Å². The number of carbonyl (C=O) groups excluding carboxylic acids is 1. The maximum absolute atomic E-state index is 12.4. The summed E-state index contributed by atoms with van der Waals surface area (Å²) in [5.74, 6) is 2.12. The largest absolute Gasteiger partial charge is 0.465 e. The molecule has 2 saturated heterocycles. The lowest BCUT2D eigenvalue weighted by molar-refractivity contribution is -0.117. The molecule has 120 valence electrons. The van der Waals surface area contributed by atoms with E-state index in [-0.39, 0.29) is 11.3 Å². The van der Waals surface area contributed by atoms with Gasteiger partial charge >= 0.3 is 0 Å². The van der Waals surface area contributed by atoms with E-state index in [9.17, 15) is 4.79 Å². The van der Waals surface area contributed by atoms with Gasteiger partial charge in [0.05, 0.1) is 24.6 Å². The number of amides is 1. The monoisotopic (exact) mass is 312 g/mol. The number of hydrogen-bond acceptors (Lipinski definition) is 5. The summed E-state index contributed by atoms with van der Waals surface area (Å²) < 4.78 is 5.67. The number of furan rings is 1. The Labute approximate surface area is 135 Å². The lowest BCUT2D eigenvalue weighted by Crippen LogP contribution is -2.31. The molecule has 1 amide bonds. The van der Waals surface area contributed by atoms with Crippen LogP contribution in [-0.4, -0.2) is 40.4 Å². The predicted octanol–water partition coefficient (Wildman–Crippen LogP) is 2.01. The molecule has 0 bridgehead atoms. The van der Waals surface area contributed by atoms with Crippen molar-refractivity contribution < 1.29 is 9.21 Å². The van der Waals surface area contributed by atoms with Crippen LogP contribution in [0.3, 0.4) is 0 Å². The summed E-state index contributed by atoms with van der Waals surface area (Å²) in [5, 5.41) is 0. The maximum Gasteiger partial charge on any atom is 0.227 e. The van der Waals surface area contributed by atoms with E-state index >= 15 is 0 Å². The number of aromatic nitrogens is 2. The van der Waals surface area contributed by atoms with Gasteiger partial charge in [-0.25, -0.2) is 9.97 Å². The standard InChI is InChI=1S/C17H20N4O2/c1-13-2-3-15(23-13)9-20-5-4-17(10-20)6-16(22)21(11-17)14-7-18-12-19-8-14/h2-3,7-8,12H,4-6,9-11H2,1H3. The van der Waals surface area contributed by atoms with Crippen molar-refractivity contribution in [3.05, 3.63) is 42.4 Å². The molecule has 0 aliphatic carbocycles. The van der Waals surface area contributed by atoms with Gasteiger partial charge in [0.1, 0.15) is 17.8 Å². The van der Waals surface area contributed by atoms with E-state index in [4.69, 9.17) is 4.42 Å². The van der Waals surface area contributed by atoms with E-state index in [2.05, 4.69) is 14.9 Å². The van der Waals surface area contributed by atoms with E-state index in [0.29, 0.717) is 6.42 Å². The molecule has 0 aromatic carbocycles. The fourth-order valence-corrected chi connectivity index (χ4v) is 3.79. The molecule has 0 radical (unpaired) electrons. The molecular formula is C17H20N4O2. The summed E-state index contributed by atoms with van der Waals surface area (Å²) in [6.45, 7) is 5.48. The number of likely N-dealkylation sites (tertiary alicyclic amines) is 1. The lowest BCUT2D eigenvalue weighted by Gasteiger charge is -2.23. The highest BCUT2D eigenvalue weighted by molar-refractivity contribution is 5.96. The molecule has 2 aliphatic rings. The molecule has 6 heteroatoms. The molecule has 1 atom stereocenters. The SMILES string of the molecule is Cc1ccc(CN2CCC3(CC(=O)N(c4cncnc4)C3)C2)o1. The average molecular weight is 312 g/mol. The third-order valence-electron chi connectivity index (χ3n) is 4.87. The van der Waals surface area contributed by atoms with Crippen LogP contribution >= 0.6 is 0 Å². The molecule has 2 fully saturated rings. The summed E-state index contributed by atoms with van der Waals surface area (Å²) in [7, 11) is 0. The van der Waals surface area contributed by atoms with Crippen molar-refractivity contribution in [1.29, 1.82) is 0 Å². The highest BCUT2D eigenvalue weighted by Gasteiger charge is 2.47. The van der Waals surface area contributed by atoms with E-state index in [0.717, 1.165) is 49.8 Å². The van der Waals surface area contributed by atoms with Crippen LogP contribution in [-0.2, 0) is 11.3 Å². The van der Waals surface area contributed by atoms with Gasteiger partial charge in [-0.05, 0) is 32.0 Å². The molecule has 4 heterocycles. The van der Waals surface area contributed by atoms with Crippen molar-refractivity contribution in [1.82, 2.24) is 14.9 Å². The fraction of sp³-hybridized carbons (Fsp3) is 0.471. The lowest BCUT2D eigenvalue weighted by atomic mass is 9.86. The topological polar surface area (TPSA) is 62.5 Å². The van der Waals surface area contributed by atoms with Crippen molar-refractivity contribution in [3.8, 4) is 0 Å². The zero-order valence-corrected chi connectivity index (χ0v) is 13.2. The van der Waals surface area contributed by atoms with E-state index < -0.39 is 0 Å². The van der Waals surface area contributed by atoms with Gasteiger partial charge in [0, 0.05) is 24.9 Å². The molecule has 2 aliphatic heterocycles. The Balaban J connectivity index is 1.45. The second-order valence-electron chi connectivity index (χ2n) is 6.73. The first kappa shape index (κ1) is 14.4. The highest BCUT2D eigenvalue weighted by Crippen LogP contribution is 2.41. The van der Waals surface area contributed by atoms with Crippen molar-refractivity contribution in [2.45, 2.75) is 26.3 Å². The summed E-state index contributed by atoms with van der Waals surface area (Å²) >= 11 is 0. The number of rotatable bonds is 3. The Bertz CT molecular complexity index is 714. The van der Waals surface area contributed by atoms with Crippen LogP contribution in [0.1, 0.15) is 24.4 Å². The van der Waals surface area contributed by atoms with Crippen LogP contribution in [0.15, 0.2) is 35.3 Å². The Morgan fingerprint density at radius 2 is 2.09 bits per heavy atom. The summed E-state index contributed by atoms with van der Waals surface area (Å²) in [6.07, 6.45) is 6.56. The third-order valence-corrected chi connectivity index (χ3v) is 4.87. The molecule has 2 aromatic heterocycles. The summed E-state index contributed by atoms with van der Waals surface area (Å²) in [6, 6.07) is 4.03. The van der Waals surface area contributed by atoms with Gasteiger partial charge in [0.15, 0.2) is 0 Å². The number of aryl methyl sites for hydroxylation is 1. The molecule has 4 rings (SSSR count). The molecule has 23 heavy (non-hydrogen) atoms. The van der Waals surface area contributed by atoms with E-state index in [1.54, 1.807) is 12.4 Å². The van der Waals surface area contributed by atoms with Gasteiger partial charge in [0.25, 0.3) is 0 Å². The molecule has 0 saturated carbocycles. The van der Waals surface area contributed by atoms with E-state index in [1.165, 1.54) is 6.33 Å². The van der Waals surface area contributed by atoms with Crippen molar-refractivity contribution in [3.63, 3.8) is 0 Å². The van der Waals surface area contributed by atoms with Crippen LogP contribution in [0.25, 0.3) is 0 Å². The predicted molar refractivity (Wildman–Crippen MR) is 84.8 cm³/mol. The quantitative estimate of drug-likeness (QED) is 0.867. The first-order valence-corrected chi connectivity index (χ1v) is 7.97. The number of nitrogens with zero attached hydrogens (tertiary/aromatic N) is 4. The zero-order chi connectivity index (χ0) is 15.9. The Hall–Kier alpha value is -2.21. The first-order chi connectivity index (χ1) is 11.1. The van der Waals surface area contributed by atoms with Crippen molar-refractivity contribution >= 4 is 11.6 Å². The zero-order valence-electron chi connectivity index (χ0n) is 13.2. The molecule has 1 spiro atoms. The Morgan fingerprint density at radius 3 is 2.83 bits per heavy atom. The number of carbonyl (C=O) groups is 1. The smallest absolute Gasteiger partial charge is 0.227 e. The van der Waals surface area contributed by atoms with Gasteiger partial charge in [-0.3, -0.25) is 9.69 Å². The van der Waals surface area contributed by atoms with Crippen LogP contribution < -0.4 is 4.90 Å². The van der Waals surface area contributed by atoms with Crippen LogP contribution in [0.5, 0.6) is 0 Å². The first-order valence-electron chi connectivity index (χ1n) is 7.97. The second-order valence-corrected chi connectivity index (χ2v) is 6.73. The molecule has 0 N–H and O–H groups in total.